The van der Waals surface area contributed by atoms with Crippen LogP contribution in [0.25, 0.3) is 0 Å². The fourth-order valence-electron chi connectivity index (χ4n) is 3.76. The smallest absolute Gasteiger partial charge is 0.0318 e. The number of fused-ring (bicyclic) bond motifs is 1. The second-order valence-electron chi connectivity index (χ2n) is 7.58. The Morgan fingerprint density at radius 1 is 1.37 bits per heavy atom. The Bertz CT molecular complexity index is 466. The lowest BCUT2D eigenvalue weighted by molar-refractivity contribution is 0.274. The maximum absolute atomic E-state index is 6.38. The Labute approximate surface area is 117 Å². The predicted molar refractivity (Wildman–Crippen MR) is 80.2 cm³/mol. The molecule has 2 nitrogen and oxygen atoms in total. The lowest BCUT2D eigenvalue weighted by Crippen LogP contribution is -2.30. The summed E-state index contributed by atoms with van der Waals surface area (Å²) in [6, 6.07) is 2.58. The highest BCUT2D eigenvalue weighted by Crippen LogP contribution is 2.41. The minimum absolute atomic E-state index is 0.238. The van der Waals surface area contributed by atoms with Gasteiger partial charge in [-0.15, -0.1) is 0 Å². The molecule has 1 unspecified atom stereocenters. The lowest BCUT2D eigenvalue weighted by Gasteiger charge is -2.34. The highest BCUT2D eigenvalue weighted by molar-refractivity contribution is 5.34. The van der Waals surface area contributed by atoms with Crippen LogP contribution in [0, 0.1) is 18.3 Å². The standard InChI is InChI=1S/C17H28N2/c1-12-9-14-15(18)10-17(2,3)11-16(14)19(12)8-4-5-13-6-7-13/h9,13,15H,4-8,10-11,18H2,1-3H3. The van der Waals surface area contributed by atoms with E-state index in [0.29, 0.717) is 5.41 Å². The van der Waals surface area contributed by atoms with Gasteiger partial charge in [-0.05, 0) is 55.6 Å². The molecule has 106 valence electrons. The van der Waals surface area contributed by atoms with Crippen LogP contribution >= 0.6 is 0 Å². The van der Waals surface area contributed by atoms with Gasteiger partial charge in [-0.1, -0.05) is 26.7 Å². The van der Waals surface area contributed by atoms with E-state index < -0.39 is 0 Å². The van der Waals surface area contributed by atoms with Gasteiger partial charge in [0.05, 0.1) is 0 Å². The van der Waals surface area contributed by atoms with Crippen molar-refractivity contribution in [2.75, 3.05) is 0 Å². The van der Waals surface area contributed by atoms with Crippen molar-refractivity contribution < 1.29 is 0 Å². The molecule has 0 amide bonds. The van der Waals surface area contributed by atoms with E-state index in [4.69, 9.17) is 5.73 Å². The summed E-state index contributed by atoms with van der Waals surface area (Å²) in [7, 11) is 0. The van der Waals surface area contributed by atoms with E-state index in [0.717, 1.165) is 12.3 Å². The van der Waals surface area contributed by atoms with Gasteiger partial charge in [-0.25, -0.2) is 0 Å². The number of hydrogen-bond donors (Lipinski definition) is 1. The van der Waals surface area contributed by atoms with Crippen molar-refractivity contribution in [1.82, 2.24) is 4.57 Å². The molecule has 0 radical (unpaired) electrons. The first-order chi connectivity index (χ1) is 8.96. The molecule has 1 saturated carbocycles. The second kappa shape index (κ2) is 4.66. The highest BCUT2D eigenvalue weighted by atomic mass is 15.0. The van der Waals surface area contributed by atoms with Crippen molar-refractivity contribution in [2.45, 2.75) is 71.9 Å². The summed E-state index contributed by atoms with van der Waals surface area (Å²) in [5.74, 6) is 1.05. The van der Waals surface area contributed by atoms with Crippen molar-refractivity contribution in [3.63, 3.8) is 0 Å². The predicted octanol–water partition coefficient (Wildman–Crippen LogP) is 3.96. The van der Waals surface area contributed by atoms with Crippen LogP contribution in [0.1, 0.15) is 68.9 Å². The van der Waals surface area contributed by atoms with Crippen LogP contribution in [0.2, 0.25) is 0 Å². The summed E-state index contributed by atoms with van der Waals surface area (Å²) in [5.41, 5.74) is 11.1. The molecule has 0 bridgehead atoms. The molecule has 0 aliphatic heterocycles. The van der Waals surface area contributed by atoms with Gasteiger partial charge in [0.1, 0.15) is 0 Å². The van der Waals surface area contributed by atoms with E-state index in [2.05, 4.69) is 31.4 Å². The molecule has 1 aromatic heterocycles. The molecule has 3 rings (SSSR count). The van der Waals surface area contributed by atoms with Crippen molar-refractivity contribution in [3.05, 3.63) is 23.0 Å². The summed E-state index contributed by atoms with van der Waals surface area (Å²) < 4.78 is 2.55. The van der Waals surface area contributed by atoms with Crippen LogP contribution < -0.4 is 5.73 Å². The quantitative estimate of drug-likeness (QED) is 0.873. The van der Waals surface area contributed by atoms with Crippen LogP contribution in [-0.4, -0.2) is 4.57 Å². The van der Waals surface area contributed by atoms with Gasteiger partial charge >= 0.3 is 0 Å². The molecule has 1 atom stereocenters. The zero-order valence-corrected chi connectivity index (χ0v) is 12.7. The first-order valence-electron chi connectivity index (χ1n) is 7.91. The van der Waals surface area contributed by atoms with Gasteiger partial charge in [0.15, 0.2) is 0 Å². The maximum atomic E-state index is 6.38. The lowest BCUT2D eigenvalue weighted by atomic mass is 9.74. The van der Waals surface area contributed by atoms with E-state index in [-0.39, 0.29) is 6.04 Å². The number of nitrogens with zero attached hydrogens (tertiary/aromatic N) is 1. The summed E-state index contributed by atoms with van der Waals surface area (Å²) >= 11 is 0. The number of aryl methyl sites for hydroxylation is 1. The summed E-state index contributed by atoms with van der Waals surface area (Å²) in [6.45, 7) is 8.15. The molecule has 1 heterocycles. The number of hydrogen-bond acceptors (Lipinski definition) is 1. The van der Waals surface area contributed by atoms with Gasteiger partial charge < -0.3 is 10.3 Å². The first kappa shape index (κ1) is 13.2. The van der Waals surface area contributed by atoms with E-state index in [1.807, 2.05) is 0 Å². The first-order valence-corrected chi connectivity index (χ1v) is 7.91. The zero-order chi connectivity index (χ0) is 13.6. The molecule has 1 fully saturated rings. The molecular weight excluding hydrogens is 232 g/mol. The normalized spacial score (nSPS) is 25.4. The zero-order valence-electron chi connectivity index (χ0n) is 12.7. The van der Waals surface area contributed by atoms with Gasteiger partial charge in [0.2, 0.25) is 0 Å². The molecule has 0 aromatic carbocycles. The average Bonchev–Trinajstić information content (AvgIpc) is 3.06. The molecular formula is C17H28N2. The summed E-state index contributed by atoms with van der Waals surface area (Å²) in [5, 5.41) is 0. The van der Waals surface area contributed by atoms with Crippen molar-refractivity contribution in [3.8, 4) is 0 Å². The molecule has 2 heteroatoms. The molecule has 0 spiro atoms. The molecule has 0 saturated heterocycles. The van der Waals surface area contributed by atoms with Gasteiger partial charge in [-0.2, -0.15) is 0 Å². The van der Waals surface area contributed by atoms with Crippen LogP contribution in [0.15, 0.2) is 6.07 Å². The molecule has 1 aromatic rings. The van der Waals surface area contributed by atoms with Crippen molar-refractivity contribution >= 4 is 0 Å². The molecule has 2 aliphatic carbocycles. The third kappa shape index (κ3) is 2.74. The Balaban J connectivity index is 1.79. The molecule has 2 aliphatic rings. The Morgan fingerprint density at radius 2 is 2.11 bits per heavy atom. The van der Waals surface area contributed by atoms with Crippen LogP contribution in [0.3, 0.4) is 0 Å². The average molecular weight is 260 g/mol. The van der Waals surface area contributed by atoms with Crippen LogP contribution in [0.4, 0.5) is 0 Å². The van der Waals surface area contributed by atoms with E-state index in [1.165, 1.54) is 55.6 Å². The van der Waals surface area contributed by atoms with E-state index >= 15 is 0 Å². The molecule has 2 N–H and O–H groups in total. The highest BCUT2D eigenvalue weighted by Gasteiger charge is 2.33. The largest absolute Gasteiger partial charge is 0.349 e. The van der Waals surface area contributed by atoms with E-state index in [9.17, 15) is 0 Å². The topological polar surface area (TPSA) is 30.9 Å². The third-order valence-electron chi connectivity index (χ3n) is 4.96. The van der Waals surface area contributed by atoms with Gasteiger partial charge in [-0.3, -0.25) is 0 Å². The summed E-state index contributed by atoms with van der Waals surface area (Å²) in [4.78, 5) is 0. The number of rotatable bonds is 4. The number of aromatic nitrogens is 1. The van der Waals surface area contributed by atoms with Crippen molar-refractivity contribution in [1.29, 1.82) is 0 Å². The minimum atomic E-state index is 0.238. The fourth-order valence-corrected chi connectivity index (χ4v) is 3.76. The van der Waals surface area contributed by atoms with Crippen LogP contribution in [0.5, 0.6) is 0 Å². The van der Waals surface area contributed by atoms with Gasteiger partial charge in [0.25, 0.3) is 0 Å². The Kier molecular flexibility index (Phi) is 3.24. The maximum Gasteiger partial charge on any atom is 0.0318 e. The fraction of sp³-hybridized carbons (Fsp3) is 0.765. The molecule has 19 heavy (non-hydrogen) atoms. The van der Waals surface area contributed by atoms with Gasteiger partial charge in [0, 0.05) is 24.0 Å². The summed E-state index contributed by atoms with van der Waals surface area (Å²) in [6.07, 6.45) is 8.00. The second-order valence-corrected chi connectivity index (χ2v) is 7.58. The monoisotopic (exact) mass is 260 g/mol. The van der Waals surface area contributed by atoms with Crippen molar-refractivity contribution in [2.24, 2.45) is 17.1 Å². The minimum Gasteiger partial charge on any atom is -0.349 e. The van der Waals surface area contributed by atoms with E-state index in [1.54, 1.807) is 0 Å². The third-order valence-corrected chi connectivity index (χ3v) is 4.96. The SMILES string of the molecule is Cc1cc2c(n1CCCC1CC1)CC(C)(C)CC2N. The van der Waals surface area contributed by atoms with Crippen LogP contribution in [-0.2, 0) is 13.0 Å². The Hall–Kier alpha value is -0.760. The Morgan fingerprint density at radius 3 is 2.79 bits per heavy atom. The number of nitrogens with two attached hydrogens (primary N) is 1.